The van der Waals surface area contributed by atoms with Gasteiger partial charge < -0.3 is 19.5 Å². The molecule has 0 unspecified atom stereocenters. The number of hydrogen-bond donors (Lipinski definition) is 2. The number of methoxy groups -OCH3 is 2. The maximum Gasteiger partial charge on any atom is 0.335 e. The average molecular weight is 696 g/mol. The summed E-state index contributed by atoms with van der Waals surface area (Å²) >= 11 is 13.9. The molecule has 40 heavy (non-hydrogen) atoms. The van der Waals surface area contributed by atoms with Crippen molar-refractivity contribution >= 4 is 87.0 Å². The molecule has 0 radical (unpaired) electrons. The molecule has 1 saturated heterocycles. The van der Waals surface area contributed by atoms with Gasteiger partial charge in [-0.15, -0.1) is 0 Å². The average Bonchev–Trinajstić information content (AvgIpc) is 2.92. The van der Waals surface area contributed by atoms with Gasteiger partial charge in [-0.1, -0.05) is 23.2 Å². The summed E-state index contributed by atoms with van der Waals surface area (Å²) in [5, 5.41) is 5.49. The van der Waals surface area contributed by atoms with E-state index in [9.17, 15) is 19.2 Å². The molecule has 0 aromatic heterocycles. The number of nitrogens with one attached hydrogen (secondary N) is 2. The third-order valence-corrected chi connectivity index (χ3v) is 7.09. The number of halogens is 3. The summed E-state index contributed by atoms with van der Waals surface area (Å²) in [5.41, 5.74) is 0.875. The standard InChI is InChI=1S/C27H20Cl2IN3O7/c1-38-17-6-4-16(5-7-17)33-26(36)18(25(35)32-27(33)37)9-14-10-21(30)24(22(11-14)39-2)40-13-23(34)31-15-3-8-19(28)20(29)12-15/h3-12H,13H2,1-2H3,(H,31,34)(H,32,35,37)/b18-9+. The maximum absolute atomic E-state index is 13.2. The number of imide groups is 2. The molecule has 3 aromatic rings. The molecule has 5 amide bonds. The monoisotopic (exact) mass is 695 g/mol. The summed E-state index contributed by atoms with van der Waals surface area (Å²) in [6.07, 6.45) is 1.34. The number of amides is 5. The minimum absolute atomic E-state index is 0.257. The van der Waals surface area contributed by atoms with Gasteiger partial charge in [0.05, 0.1) is 33.5 Å². The fourth-order valence-corrected chi connectivity index (χ4v) is 4.74. The highest BCUT2D eigenvalue weighted by Crippen LogP contribution is 2.35. The Labute approximate surface area is 252 Å². The first-order valence-electron chi connectivity index (χ1n) is 11.4. The molecule has 0 spiro atoms. The third-order valence-electron chi connectivity index (χ3n) is 5.55. The molecule has 0 saturated carbocycles. The molecule has 0 atom stereocenters. The molecule has 1 aliphatic rings. The van der Waals surface area contributed by atoms with Crippen molar-refractivity contribution in [3.63, 3.8) is 0 Å². The summed E-state index contributed by atoms with van der Waals surface area (Å²) in [4.78, 5) is 51.5. The van der Waals surface area contributed by atoms with E-state index in [0.29, 0.717) is 30.6 Å². The van der Waals surface area contributed by atoms with Crippen LogP contribution in [0, 0.1) is 3.57 Å². The number of urea groups is 1. The second-order valence-electron chi connectivity index (χ2n) is 8.16. The van der Waals surface area contributed by atoms with Crippen LogP contribution in [0.5, 0.6) is 17.2 Å². The summed E-state index contributed by atoms with van der Waals surface area (Å²) < 4.78 is 16.8. The van der Waals surface area contributed by atoms with Crippen LogP contribution in [0.25, 0.3) is 6.08 Å². The lowest BCUT2D eigenvalue weighted by atomic mass is 10.1. The zero-order valence-electron chi connectivity index (χ0n) is 20.9. The van der Waals surface area contributed by atoms with Crippen molar-refractivity contribution in [2.75, 3.05) is 31.0 Å². The van der Waals surface area contributed by atoms with E-state index < -0.39 is 23.8 Å². The number of anilines is 2. The molecule has 13 heteroatoms. The molecular formula is C27H20Cl2IN3O7. The quantitative estimate of drug-likeness (QED) is 0.186. The Morgan fingerprint density at radius 3 is 2.38 bits per heavy atom. The Hall–Kier alpha value is -3.81. The minimum atomic E-state index is -0.868. The molecule has 1 fully saturated rings. The van der Waals surface area contributed by atoms with Crippen molar-refractivity contribution in [3.05, 3.63) is 79.3 Å². The zero-order chi connectivity index (χ0) is 29.0. The predicted octanol–water partition coefficient (Wildman–Crippen LogP) is 5.30. The number of benzene rings is 3. The largest absolute Gasteiger partial charge is 0.497 e. The van der Waals surface area contributed by atoms with Crippen LogP contribution in [-0.4, -0.2) is 44.6 Å². The van der Waals surface area contributed by atoms with Crippen LogP contribution in [0.3, 0.4) is 0 Å². The van der Waals surface area contributed by atoms with Crippen molar-refractivity contribution in [1.82, 2.24) is 5.32 Å². The highest BCUT2D eigenvalue weighted by Gasteiger charge is 2.37. The lowest BCUT2D eigenvalue weighted by Gasteiger charge is -2.26. The van der Waals surface area contributed by atoms with Crippen LogP contribution in [0.4, 0.5) is 16.2 Å². The van der Waals surface area contributed by atoms with Gasteiger partial charge in [0.1, 0.15) is 11.3 Å². The van der Waals surface area contributed by atoms with E-state index in [-0.39, 0.29) is 29.4 Å². The Balaban J connectivity index is 1.54. The van der Waals surface area contributed by atoms with E-state index in [2.05, 4.69) is 10.6 Å². The predicted molar refractivity (Wildman–Crippen MR) is 158 cm³/mol. The van der Waals surface area contributed by atoms with Crippen molar-refractivity contribution in [3.8, 4) is 17.2 Å². The van der Waals surface area contributed by atoms with Gasteiger partial charge in [-0.25, -0.2) is 9.69 Å². The molecule has 206 valence electrons. The van der Waals surface area contributed by atoms with E-state index >= 15 is 0 Å². The Bertz CT molecular complexity index is 1540. The Morgan fingerprint density at radius 2 is 1.73 bits per heavy atom. The minimum Gasteiger partial charge on any atom is -0.497 e. The molecule has 0 bridgehead atoms. The van der Waals surface area contributed by atoms with Gasteiger partial charge in [-0.05, 0) is 88.8 Å². The van der Waals surface area contributed by atoms with Crippen LogP contribution in [-0.2, 0) is 14.4 Å². The van der Waals surface area contributed by atoms with Gasteiger partial charge in [0.25, 0.3) is 17.7 Å². The van der Waals surface area contributed by atoms with Crippen LogP contribution in [0.2, 0.25) is 10.0 Å². The second kappa shape index (κ2) is 12.6. The molecule has 1 aliphatic heterocycles. The Kier molecular flexibility index (Phi) is 9.17. The zero-order valence-corrected chi connectivity index (χ0v) is 24.6. The van der Waals surface area contributed by atoms with Gasteiger partial charge >= 0.3 is 6.03 Å². The fourth-order valence-electron chi connectivity index (χ4n) is 3.66. The molecule has 0 aliphatic carbocycles. The van der Waals surface area contributed by atoms with Gasteiger partial charge in [-0.2, -0.15) is 0 Å². The summed E-state index contributed by atoms with van der Waals surface area (Å²) in [6, 6.07) is 13.2. The first-order chi connectivity index (χ1) is 19.1. The van der Waals surface area contributed by atoms with Crippen molar-refractivity contribution < 1.29 is 33.4 Å². The van der Waals surface area contributed by atoms with Gasteiger partial charge in [0.2, 0.25) is 0 Å². The molecule has 3 aromatic carbocycles. The van der Waals surface area contributed by atoms with Crippen molar-refractivity contribution in [2.45, 2.75) is 0 Å². The van der Waals surface area contributed by atoms with Crippen LogP contribution >= 0.6 is 45.8 Å². The van der Waals surface area contributed by atoms with E-state index in [1.807, 2.05) is 22.6 Å². The van der Waals surface area contributed by atoms with E-state index in [1.165, 1.54) is 44.6 Å². The van der Waals surface area contributed by atoms with Gasteiger partial charge in [0, 0.05) is 5.69 Å². The first kappa shape index (κ1) is 29.2. The highest BCUT2D eigenvalue weighted by molar-refractivity contribution is 14.1. The number of carbonyl (C=O) groups is 4. The summed E-state index contributed by atoms with van der Waals surface area (Å²) in [7, 11) is 2.90. The highest BCUT2D eigenvalue weighted by atomic mass is 127. The molecule has 10 nitrogen and oxygen atoms in total. The maximum atomic E-state index is 13.2. The number of carbonyl (C=O) groups excluding carboxylic acids is 4. The SMILES string of the molecule is COc1ccc(N2C(=O)NC(=O)/C(=C\c3cc(I)c(OCC(=O)Nc4ccc(Cl)c(Cl)c4)c(OC)c3)C2=O)cc1. The van der Waals surface area contributed by atoms with E-state index in [1.54, 1.807) is 30.3 Å². The van der Waals surface area contributed by atoms with E-state index in [0.717, 1.165) is 4.90 Å². The van der Waals surface area contributed by atoms with E-state index in [4.69, 9.17) is 37.4 Å². The van der Waals surface area contributed by atoms with Crippen molar-refractivity contribution in [1.29, 1.82) is 0 Å². The number of barbiturate groups is 1. The lowest BCUT2D eigenvalue weighted by molar-refractivity contribution is -0.122. The summed E-state index contributed by atoms with van der Waals surface area (Å²) in [6.45, 7) is -0.340. The van der Waals surface area contributed by atoms with Gasteiger partial charge in [0.15, 0.2) is 18.1 Å². The number of nitrogens with zero attached hydrogens (tertiary/aromatic N) is 1. The Morgan fingerprint density at radius 1 is 1.00 bits per heavy atom. The molecule has 4 rings (SSSR count). The van der Waals surface area contributed by atoms with Crippen LogP contribution in [0.15, 0.2) is 60.2 Å². The molecular weight excluding hydrogens is 676 g/mol. The number of hydrogen-bond acceptors (Lipinski definition) is 7. The number of rotatable bonds is 8. The second-order valence-corrected chi connectivity index (χ2v) is 10.1. The topological polar surface area (TPSA) is 123 Å². The van der Waals surface area contributed by atoms with Crippen LogP contribution in [0.1, 0.15) is 5.56 Å². The van der Waals surface area contributed by atoms with Crippen molar-refractivity contribution in [2.24, 2.45) is 0 Å². The molecule has 1 heterocycles. The van der Waals surface area contributed by atoms with Crippen LogP contribution < -0.4 is 29.7 Å². The molecule has 2 N–H and O–H groups in total. The van der Waals surface area contributed by atoms with Gasteiger partial charge in [-0.3, -0.25) is 19.7 Å². The normalized spacial score (nSPS) is 14.2. The number of ether oxygens (including phenoxy) is 3. The first-order valence-corrected chi connectivity index (χ1v) is 13.3. The summed E-state index contributed by atoms with van der Waals surface area (Å²) in [5.74, 6) is -1.01. The lowest BCUT2D eigenvalue weighted by Crippen LogP contribution is -2.54. The fraction of sp³-hybridized carbons (Fsp3) is 0.111. The smallest absolute Gasteiger partial charge is 0.335 e. The third kappa shape index (κ3) is 6.49.